The van der Waals surface area contributed by atoms with Gasteiger partial charge in [0.05, 0.1) is 19.4 Å². The minimum atomic E-state index is -0.234. The molecule has 0 bridgehead atoms. The Morgan fingerprint density at radius 3 is 2.55 bits per heavy atom. The van der Waals surface area contributed by atoms with Gasteiger partial charge in [0.15, 0.2) is 0 Å². The van der Waals surface area contributed by atoms with Gasteiger partial charge >= 0.3 is 0 Å². The van der Waals surface area contributed by atoms with Gasteiger partial charge in [-0.1, -0.05) is 18.5 Å². The number of benzene rings is 2. The molecule has 2 rings (SSSR count). The van der Waals surface area contributed by atoms with E-state index in [0.717, 1.165) is 12.2 Å². The topological polar surface area (TPSA) is 47.6 Å². The summed E-state index contributed by atoms with van der Waals surface area (Å²) in [6.07, 6.45) is 0.941. The Balaban J connectivity index is 2.10. The molecule has 2 aromatic rings. The first-order chi connectivity index (χ1) is 10.6. The summed E-state index contributed by atoms with van der Waals surface area (Å²) in [6.45, 7) is 2.70. The number of anilines is 1. The predicted octanol–water partition coefficient (Wildman–Crippen LogP) is 4.39. The first-order valence-corrected chi connectivity index (χ1v) is 7.39. The van der Waals surface area contributed by atoms with Crippen molar-refractivity contribution < 1.29 is 14.3 Å². The predicted molar refractivity (Wildman–Crippen MR) is 88.2 cm³/mol. The standard InChI is InChI=1S/C17H18ClNO3/c1-3-10-22-14-7-4-12(5-8-14)17(20)19-15-11-13(18)6-9-16(15)21-2/h4-9,11H,3,10H2,1-2H3,(H,19,20). The highest BCUT2D eigenvalue weighted by atomic mass is 35.5. The van der Waals surface area contributed by atoms with Crippen LogP contribution in [0.1, 0.15) is 23.7 Å². The molecule has 2 aromatic carbocycles. The van der Waals surface area contributed by atoms with Crippen LogP contribution < -0.4 is 14.8 Å². The van der Waals surface area contributed by atoms with Crippen LogP contribution in [-0.2, 0) is 0 Å². The van der Waals surface area contributed by atoms with Crippen LogP contribution >= 0.6 is 11.6 Å². The Labute approximate surface area is 135 Å². The minimum Gasteiger partial charge on any atom is -0.495 e. The number of ether oxygens (including phenoxy) is 2. The number of nitrogens with one attached hydrogen (secondary N) is 1. The van der Waals surface area contributed by atoms with Crippen molar-refractivity contribution in [1.82, 2.24) is 0 Å². The zero-order valence-corrected chi connectivity index (χ0v) is 13.3. The number of carbonyl (C=O) groups excluding carboxylic acids is 1. The smallest absolute Gasteiger partial charge is 0.255 e. The molecule has 0 aromatic heterocycles. The third-order valence-corrected chi connectivity index (χ3v) is 3.23. The lowest BCUT2D eigenvalue weighted by Gasteiger charge is -2.11. The molecule has 1 amide bonds. The molecule has 0 aliphatic carbocycles. The van der Waals surface area contributed by atoms with Crippen LogP contribution in [0.25, 0.3) is 0 Å². The number of methoxy groups -OCH3 is 1. The summed E-state index contributed by atoms with van der Waals surface area (Å²) in [5.41, 5.74) is 1.07. The third kappa shape index (κ3) is 4.15. The zero-order chi connectivity index (χ0) is 15.9. The molecule has 0 spiro atoms. The highest BCUT2D eigenvalue weighted by Crippen LogP contribution is 2.28. The average molecular weight is 320 g/mol. The zero-order valence-electron chi connectivity index (χ0n) is 12.6. The van der Waals surface area contributed by atoms with Crippen LogP contribution in [0.3, 0.4) is 0 Å². The van der Waals surface area contributed by atoms with E-state index in [1.165, 1.54) is 0 Å². The first-order valence-electron chi connectivity index (χ1n) is 7.01. The van der Waals surface area contributed by atoms with E-state index in [2.05, 4.69) is 5.32 Å². The van der Waals surface area contributed by atoms with Crippen molar-refractivity contribution in [2.75, 3.05) is 19.0 Å². The van der Waals surface area contributed by atoms with Gasteiger partial charge in [0.2, 0.25) is 0 Å². The fraction of sp³-hybridized carbons (Fsp3) is 0.235. The van der Waals surface area contributed by atoms with Gasteiger partial charge < -0.3 is 14.8 Å². The lowest BCUT2D eigenvalue weighted by molar-refractivity contribution is 0.102. The van der Waals surface area contributed by atoms with E-state index >= 15 is 0 Å². The molecule has 1 N–H and O–H groups in total. The highest BCUT2D eigenvalue weighted by Gasteiger charge is 2.10. The molecule has 0 atom stereocenters. The maximum atomic E-state index is 12.3. The van der Waals surface area contributed by atoms with Crippen molar-refractivity contribution in [3.05, 3.63) is 53.1 Å². The summed E-state index contributed by atoms with van der Waals surface area (Å²) in [7, 11) is 1.54. The Hall–Kier alpha value is -2.20. The molecule has 0 saturated heterocycles. The molecular weight excluding hydrogens is 302 g/mol. The van der Waals surface area contributed by atoms with E-state index in [0.29, 0.717) is 28.6 Å². The van der Waals surface area contributed by atoms with Gasteiger partial charge in [-0.25, -0.2) is 0 Å². The van der Waals surface area contributed by atoms with Gasteiger partial charge in [0.25, 0.3) is 5.91 Å². The van der Waals surface area contributed by atoms with Gasteiger partial charge in [0, 0.05) is 10.6 Å². The van der Waals surface area contributed by atoms with Gasteiger partial charge in [-0.3, -0.25) is 4.79 Å². The van der Waals surface area contributed by atoms with Crippen LogP contribution in [0.15, 0.2) is 42.5 Å². The number of amides is 1. The normalized spacial score (nSPS) is 10.1. The number of carbonyl (C=O) groups is 1. The number of hydrogen-bond donors (Lipinski definition) is 1. The molecule has 116 valence electrons. The average Bonchev–Trinajstić information content (AvgIpc) is 2.53. The number of rotatable bonds is 6. The van der Waals surface area contributed by atoms with Crippen molar-refractivity contribution >= 4 is 23.2 Å². The second-order valence-electron chi connectivity index (χ2n) is 4.67. The van der Waals surface area contributed by atoms with E-state index in [1.54, 1.807) is 49.6 Å². The Kier molecular flexibility index (Phi) is 5.67. The molecule has 22 heavy (non-hydrogen) atoms. The second kappa shape index (κ2) is 7.71. The fourth-order valence-corrected chi connectivity index (χ4v) is 2.07. The summed E-state index contributed by atoms with van der Waals surface area (Å²) in [5.74, 6) is 1.07. The molecule has 5 heteroatoms. The lowest BCUT2D eigenvalue weighted by atomic mass is 10.2. The van der Waals surface area contributed by atoms with Gasteiger partial charge in [-0.15, -0.1) is 0 Å². The highest BCUT2D eigenvalue weighted by molar-refractivity contribution is 6.31. The summed E-state index contributed by atoms with van der Waals surface area (Å²) in [4.78, 5) is 12.3. The number of hydrogen-bond acceptors (Lipinski definition) is 3. The summed E-state index contributed by atoms with van der Waals surface area (Å²) in [6, 6.07) is 12.1. The van der Waals surface area contributed by atoms with E-state index in [4.69, 9.17) is 21.1 Å². The molecule has 0 fully saturated rings. The molecule has 0 heterocycles. The van der Waals surface area contributed by atoms with Gasteiger partial charge in [-0.05, 0) is 48.9 Å². The summed E-state index contributed by atoms with van der Waals surface area (Å²) < 4.78 is 10.7. The molecule has 0 unspecified atom stereocenters. The maximum absolute atomic E-state index is 12.3. The lowest BCUT2D eigenvalue weighted by Crippen LogP contribution is -2.12. The van der Waals surface area contributed by atoms with Crippen LogP contribution in [0.4, 0.5) is 5.69 Å². The Morgan fingerprint density at radius 1 is 1.18 bits per heavy atom. The second-order valence-corrected chi connectivity index (χ2v) is 5.11. The van der Waals surface area contributed by atoms with E-state index in [9.17, 15) is 4.79 Å². The summed E-state index contributed by atoms with van der Waals surface area (Å²) in [5, 5.41) is 3.32. The molecule has 0 radical (unpaired) electrons. The van der Waals surface area contributed by atoms with Gasteiger partial charge in [0.1, 0.15) is 11.5 Å². The summed E-state index contributed by atoms with van der Waals surface area (Å²) >= 11 is 5.95. The first kappa shape index (κ1) is 16.2. The van der Waals surface area contributed by atoms with Crippen molar-refractivity contribution in [1.29, 1.82) is 0 Å². The molecule has 0 saturated carbocycles. The van der Waals surface area contributed by atoms with Crippen molar-refractivity contribution in [3.8, 4) is 11.5 Å². The van der Waals surface area contributed by atoms with Crippen LogP contribution in [0.2, 0.25) is 5.02 Å². The third-order valence-electron chi connectivity index (χ3n) is 3.00. The quantitative estimate of drug-likeness (QED) is 0.859. The van der Waals surface area contributed by atoms with E-state index < -0.39 is 0 Å². The molecule has 4 nitrogen and oxygen atoms in total. The molecular formula is C17H18ClNO3. The van der Waals surface area contributed by atoms with Crippen LogP contribution in [-0.4, -0.2) is 19.6 Å². The SMILES string of the molecule is CCCOc1ccc(C(=O)Nc2cc(Cl)ccc2OC)cc1. The maximum Gasteiger partial charge on any atom is 0.255 e. The Bertz CT molecular complexity index is 641. The van der Waals surface area contributed by atoms with Crippen LogP contribution in [0.5, 0.6) is 11.5 Å². The van der Waals surface area contributed by atoms with Crippen LogP contribution in [0, 0.1) is 0 Å². The van der Waals surface area contributed by atoms with Crippen molar-refractivity contribution in [2.45, 2.75) is 13.3 Å². The van der Waals surface area contributed by atoms with Crippen molar-refractivity contribution in [3.63, 3.8) is 0 Å². The fourth-order valence-electron chi connectivity index (χ4n) is 1.89. The van der Waals surface area contributed by atoms with E-state index in [-0.39, 0.29) is 5.91 Å². The Morgan fingerprint density at radius 2 is 1.91 bits per heavy atom. The number of halogens is 1. The van der Waals surface area contributed by atoms with Crippen molar-refractivity contribution in [2.24, 2.45) is 0 Å². The van der Waals surface area contributed by atoms with Gasteiger partial charge in [-0.2, -0.15) is 0 Å². The monoisotopic (exact) mass is 319 g/mol. The largest absolute Gasteiger partial charge is 0.495 e. The molecule has 0 aliphatic heterocycles. The minimum absolute atomic E-state index is 0.234. The molecule has 0 aliphatic rings. The van der Waals surface area contributed by atoms with E-state index in [1.807, 2.05) is 6.92 Å².